The van der Waals surface area contributed by atoms with E-state index >= 15 is 0 Å². The molecule has 0 spiro atoms. The van der Waals surface area contributed by atoms with Crippen molar-refractivity contribution >= 4 is 12.6 Å². The Bertz CT molecular complexity index is 686. The smallest absolute Gasteiger partial charge is 0.399 e. The molecule has 120 valence electrons. The van der Waals surface area contributed by atoms with Gasteiger partial charge in [0.2, 0.25) is 0 Å². The summed E-state index contributed by atoms with van der Waals surface area (Å²) in [5.74, 6) is 0. The lowest BCUT2D eigenvalue weighted by Crippen LogP contribution is -2.41. The van der Waals surface area contributed by atoms with Crippen LogP contribution in [0.15, 0.2) is 36.4 Å². The predicted molar refractivity (Wildman–Crippen MR) is 94.9 cm³/mol. The zero-order chi connectivity index (χ0) is 16.8. The molecular weight excluding hydrogens is 285 g/mol. The normalized spacial score (nSPS) is 19.1. The van der Waals surface area contributed by atoms with E-state index in [0.717, 1.165) is 16.9 Å². The Morgan fingerprint density at radius 3 is 1.74 bits per heavy atom. The molecule has 1 aromatic carbocycles. The molecule has 0 unspecified atom stereocenters. The van der Waals surface area contributed by atoms with Crippen molar-refractivity contribution in [2.24, 2.45) is 0 Å². The van der Waals surface area contributed by atoms with Crippen LogP contribution in [0, 0.1) is 13.8 Å². The topological polar surface area (TPSA) is 31.4 Å². The lowest BCUT2D eigenvalue weighted by Gasteiger charge is -2.32. The van der Waals surface area contributed by atoms with Gasteiger partial charge in [0.15, 0.2) is 0 Å². The number of hydrogen-bond acceptors (Lipinski definition) is 3. The molecule has 1 aromatic heterocycles. The minimum Gasteiger partial charge on any atom is -0.399 e. The predicted octanol–water partition coefficient (Wildman–Crippen LogP) is 3.66. The molecule has 0 atom stereocenters. The highest BCUT2D eigenvalue weighted by Crippen LogP contribution is 2.36. The molecule has 1 aliphatic heterocycles. The number of pyridine rings is 1. The summed E-state index contributed by atoms with van der Waals surface area (Å²) >= 11 is 0. The van der Waals surface area contributed by atoms with E-state index in [-0.39, 0.29) is 18.3 Å². The van der Waals surface area contributed by atoms with Gasteiger partial charge in [-0.3, -0.25) is 4.98 Å². The Kier molecular flexibility index (Phi) is 3.85. The molecule has 23 heavy (non-hydrogen) atoms. The van der Waals surface area contributed by atoms with E-state index in [1.807, 2.05) is 13.8 Å². The fraction of sp³-hybridized carbons (Fsp3) is 0.421. The van der Waals surface area contributed by atoms with Gasteiger partial charge in [-0.2, -0.15) is 0 Å². The first-order valence-electron chi connectivity index (χ1n) is 8.09. The van der Waals surface area contributed by atoms with E-state index in [1.54, 1.807) is 0 Å². The molecule has 3 rings (SSSR count). The Labute approximate surface area is 139 Å². The van der Waals surface area contributed by atoms with Crippen molar-refractivity contribution in [2.75, 3.05) is 0 Å². The minimum atomic E-state index is -0.310. The summed E-state index contributed by atoms with van der Waals surface area (Å²) in [5, 5.41) is 0. The van der Waals surface area contributed by atoms with Gasteiger partial charge < -0.3 is 9.31 Å². The van der Waals surface area contributed by atoms with Gasteiger partial charge in [0.05, 0.1) is 11.2 Å². The lowest BCUT2D eigenvalue weighted by atomic mass is 9.78. The van der Waals surface area contributed by atoms with Crippen LogP contribution in [0.25, 0.3) is 11.1 Å². The first kappa shape index (κ1) is 16.2. The third-order valence-electron chi connectivity index (χ3n) is 4.85. The number of benzene rings is 1. The van der Waals surface area contributed by atoms with Gasteiger partial charge in [-0.05, 0) is 70.3 Å². The highest BCUT2D eigenvalue weighted by Gasteiger charge is 2.51. The van der Waals surface area contributed by atoms with Crippen molar-refractivity contribution in [3.63, 3.8) is 0 Å². The molecule has 2 heterocycles. The van der Waals surface area contributed by atoms with E-state index in [2.05, 4.69) is 69.1 Å². The van der Waals surface area contributed by atoms with Crippen LogP contribution in [0.3, 0.4) is 0 Å². The second-order valence-corrected chi connectivity index (χ2v) is 7.35. The Hall–Kier alpha value is -1.65. The van der Waals surface area contributed by atoms with Gasteiger partial charge in [0, 0.05) is 11.4 Å². The van der Waals surface area contributed by atoms with Crippen molar-refractivity contribution < 1.29 is 9.31 Å². The average molecular weight is 309 g/mol. The maximum Gasteiger partial charge on any atom is 0.494 e. The van der Waals surface area contributed by atoms with E-state index < -0.39 is 0 Å². The fourth-order valence-corrected chi connectivity index (χ4v) is 2.81. The van der Waals surface area contributed by atoms with Crippen molar-refractivity contribution in [3.8, 4) is 11.1 Å². The summed E-state index contributed by atoms with van der Waals surface area (Å²) in [6.45, 7) is 12.3. The standard InChI is InChI=1S/C19H24BNO2/c1-13-11-16(12-14(2)21-13)15-7-9-17(10-8-15)20-22-18(3,4)19(5,6)23-20/h7-12H,1-6H3. The maximum atomic E-state index is 6.10. The van der Waals surface area contributed by atoms with E-state index in [4.69, 9.17) is 9.31 Å². The molecule has 0 N–H and O–H groups in total. The van der Waals surface area contributed by atoms with E-state index in [9.17, 15) is 0 Å². The molecule has 0 amide bonds. The average Bonchev–Trinajstić information content (AvgIpc) is 2.66. The van der Waals surface area contributed by atoms with Crippen LogP contribution in [0.4, 0.5) is 0 Å². The largest absolute Gasteiger partial charge is 0.494 e. The van der Waals surface area contributed by atoms with Crippen molar-refractivity contribution in [1.82, 2.24) is 4.98 Å². The van der Waals surface area contributed by atoms with E-state index in [1.165, 1.54) is 11.1 Å². The molecule has 1 fully saturated rings. The minimum absolute atomic E-state index is 0.310. The SMILES string of the molecule is Cc1cc(-c2ccc(B3OC(C)(C)C(C)(C)O3)cc2)cc(C)n1. The molecule has 4 heteroatoms. The summed E-state index contributed by atoms with van der Waals surface area (Å²) in [6.07, 6.45) is 0. The van der Waals surface area contributed by atoms with Gasteiger partial charge >= 0.3 is 7.12 Å². The molecule has 0 saturated carbocycles. The van der Waals surface area contributed by atoms with Crippen LogP contribution in [0.1, 0.15) is 39.1 Å². The van der Waals surface area contributed by atoms with Crippen molar-refractivity contribution in [1.29, 1.82) is 0 Å². The molecule has 0 radical (unpaired) electrons. The van der Waals surface area contributed by atoms with Crippen LogP contribution in [0.5, 0.6) is 0 Å². The number of aryl methyl sites for hydroxylation is 2. The quantitative estimate of drug-likeness (QED) is 0.793. The molecule has 1 aliphatic rings. The van der Waals surface area contributed by atoms with Crippen LogP contribution in [-0.4, -0.2) is 23.3 Å². The van der Waals surface area contributed by atoms with Gasteiger partial charge in [-0.25, -0.2) is 0 Å². The Morgan fingerprint density at radius 2 is 1.26 bits per heavy atom. The number of aromatic nitrogens is 1. The highest BCUT2D eigenvalue weighted by molar-refractivity contribution is 6.62. The number of rotatable bonds is 2. The molecule has 1 saturated heterocycles. The Morgan fingerprint density at radius 1 is 0.783 bits per heavy atom. The molecule has 0 aliphatic carbocycles. The first-order valence-corrected chi connectivity index (χ1v) is 8.09. The van der Waals surface area contributed by atoms with Gasteiger partial charge in [0.25, 0.3) is 0 Å². The van der Waals surface area contributed by atoms with E-state index in [0.29, 0.717) is 0 Å². The summed E-state index contributed by atoms with van der Waals surface area (Å²) in [5.41, 5.74) is 4.88. The van der Waals surface area contributed by atoms with Crippen LogP contribution >= 0.6 is 0 Å². The third kappa shape index (κ3) is 3.06. The summed E-state index contributed by atoms with van der Waals surface area (Å²) < 4.78 is 12.2. The highest BCUT2D eigenvalue weighted by atomic mass is 16.7. The lowest BCUT2D eigenvalue weighted by molar-refractivity contribution is 0.00578. The van der Waals surface area contributed by atoms with Crippen LogP contribution in [-0.2, 0) is 9.31 Å². The summed E-state index contributed by atoms with van der Waals surface area (Å²) in [6, 6.07) is 12.6. The molecule has 0 bridgehead atoms. The summed E-state index contributed by atoms with van der Waals surface area (Å²) in [4.78, 5) is 4.43. The van der Waals surface area contributed by atoms with Gasteiger partial charge in [0.1, 0.15) is 0 Å². The van der Waals surface area contributed by atoms with Gasteiger partial charge in [-0.15, -0.1) is 0 Å². The first-order chi connectivity index (χ1) is 10.7. The van der Waals surface area contributed by atoms with Gasteiger partial charge in [-0.1, -0.05) is 24.3 Å². The maximum absolute atomic E-state index is 6.10. The molecule has 3 nitrogen and oxygen atoms in total. The summed E-state index contributed by atoms with van der Waals surface area (Å²) in [7, 11) is -0.310. The number of nitrogens with zero attached hydrogens (tertiary/aromatic N) is 1. The second kappa shape index (κ2) is 5.46. The second-order valence-electron chi connectivity index (χ2n) is 7.35. The van der Waals surface area contributed by atoms with Crippen LogP contribution < -0.4 is 5.46 Å². The van der Waals surface area contributed by atoms with Crippen LogP contribution in [0.2, 0.25) is 0 Å². The van der Waals surface area contributed by atoms with Crippen molar-refractivity contribution in [2.45, 2.75) is 52.7 Å². The zero-order valence-corrected chi connectivity index (χ0v) is 14.8. The molecule has 2 aromatic rings. The van der Waals surface area contributed by atoms with Crippen molar-refractivity contribution in [3.05, 3.63) is 47.8 Å². The molecular formula is C19H24BNO2. The third-order valence-corrected chi connectivity index (χ3v) is 4.85. The Balaban J connectivity index is 1.86. The monoisotopic (exact) mass is 309 g/mol. The fourth-order valence-electron chi connectivity index (χ4n) is 2.81. The zero-order valence-electron chi connectivity index (χ0n) is 14.8. The number of hydrogen-bond donors (Lipinski definition) is 0.